The van der Waals surface area contributed by atoms with Crippen LogP contribution in [0.1, 0.15) is 58.1 Å². The summed E-state index contributed by atoms with van der Waals surface area (Å²) in [6.45, 7) is 8.75. The molecule has 1 atom stereocenters. The van der Waals surface area contributed by atoms with E-state index in [0.717, 1.165) is 19.3 Å². The molecule has 0 saturated heterocycles. The van der Waals surface area contributed by atoms with E-state index in [-0.39, 0.29) is 24.0 Å². The molecule has 3 nitrogen and oxygen atoms in total. The highest BCUT2D eigenvalue weighted by Gasteiger charge is 2.13. The van der Waals surface area contributed by atoms with Crippen LogP contribution in [-0.4, -0.2) is 23.7 Å². The zero-order chi connectivity index (χ0) is 15.9. The first-order chi connectivity index (χ1) is 9.82. The maximum Gasteiger partial charge on any atom is 0.220 e. The fourth-order valence-electron chi connectivity index (χ4n) is 2.25. The normalized spacial score (nSPS) is 13.0. The molecule has 1 aromatic carbocycles. The van der Waals surface area contributed by atoms with Gasteiger partial charge >= 0.3 is 0 Å². The topological polar surface area (TPSA) is 49.3 Å². The van der Waals surface area contributed by atoms with E-state index in [1.165, 1.54) is 11.1 Å². The number of benzene rings is 1. The van der Waals surface area contributed by atoms with Gasteiger partial charge in [-0.05, 0) is 42.7 Å². The van der Waals surface area contributed by atoms with Gasteiger partial charge in [0.15, 0.2) is 0 Å². The van der Waals surface area contributed by atoms with E-state index >= 15 is 0 Å². The molecule has 0 spiro atoms. The van der Waals surface area contributed by atoms with Gasteiger partial charge in [0.1, 0.15) is 0 Å². The van der Waals surface area contributed by atoms with Crippen LogP contribution in [-0.2, 0) is 16.6 Å². The minimum atomic E-state index is 0.0836. The molecule has 21 heavy (non-hydrogen) atoms. The van der Waals surface area contributed by atoms with E-state index in [9.17, 15) is 4.79 Å². The average Bonchev–Trinajstić information content (AvgIpc) is 2.42. The number of aliphatic hydroxyl groups excluding tert-OH is 1. The van der Waals surface area contributed by atoms with Crippen molar-refractivity contribution in [3.63, 3.8) is 0 Å². The standard InChI is InChI=1S/C18H29NO2/c1-14(6-5-13-20)19-17(21)12-9-15-7-10-16(11-8-15)18(2,3)4/h7-8,10-11,14,20H,5-6,9,12-13H2,1-4H3,(H,19,21). The van der Waals surface area contributed by atoms with Crippen LogP contribution in [0.15, 0.2) is 24.3 Å². The lowest BCUT2D eigenvalue weighted by atomic mass is 9.86. The maximum absolute atomic E-state index is 11.8. The first-order valence-corrected chi connectivity index (χ1v) is 7.82. The largest absolute Gasteiger partial charge is 0.396 e. The quantitative estimate of drug-likeness (QED) is 0.810. The van der Waals surface area contributed by atoms with Gasteiger partial charge in [-0.15, -0.1) is 0 Å². The van der Waals surface area contributed by atoms with Gasteiger partial charge in [-0.1, -0.05) is 45.0 Å². The summed E-state index contributed by atoms with van der Waals surface area (Å²) < 4.78 is 0. The molecule has 0 aliphatic rings. The van der Waals surface area contributed by atoms with E-state index in [0.29, 0.717) is 6.42 Å². The van der Waals surface area contributed by atoms with E-state index in [2.05, 4.69) is 50.4 Å². The number of amides is 1. The summed E-state index contributed by atoms with van der Waals surface area (Å²) in [7, 11) is 0. The second-order valence-corrected chi connectivity index (χ2v) is 6.78. The lowest BCUT2D eigenvalue weighted by Crippen LogP contribution is -2.32. The van der Waals surface area contributed by atoms with Crippen molar-refractivity contribution in [1.29, 1.82) is 0 Å². The Morgan fingerprint density at radius 3 is 2.38 bits per heavy atom. The fourth-order valence-corrected chi connectivity index (χ4v) is 2.25. The minimum Gasteiger partial charge on any atom is -0.396 e. The molecule has 0 radical (unpaired) electrons. The Kier molecular flexibility index (Phi) is 6.90. The first kappa shape index (κ1) is 17.7. The van der Waals surface area contributed by atoms with Crippen LogP contribution in [0.25, 0.3) is 0 Å². The Morgan fingerprint density at radius 1 is 1.24 bits per heavy atom. The summed E-state index contributed by atoms with van der Waals surface area (Å²) in [6, 6.07) is 8.66. The Labute approximate surface area is 128 Å². The second-order valence-electron chi connectivity index (χ2n) is 6.78. The van der Waals surface area contributed by atoms with Gasteiger partial charge in [0.2, 0.25) is 5.91 Å². The van der Waals surface area contributed by atoms with E-state index < -0.39 is 0 Å². The van der Waals surface area contributed by atoms with Gasteiger partial charge in [0.05, 0.1) is 0 Å². The monoisotopic (exact) mass is 291 g/mol. The number of carbonyl (C=O) groups excluding carboxylic acids is 1. The third-order valence-corrected chi connectivity index (χ3v) is 3.66. The molecule has 0 fully saturated rings. The molecular weight excluding hydrogens is 262 g/mol. The Bertz CT molecular complexity index is 432. The minimum absolute atomic E-state index is 0.0836. The van der Waals surface area contributed by atoms with Crippen LogP contribution < -0.4 is 5.32 Å². The van der Waals surface area contributed by atoms with E-state index in [4.69, 9.17) is 5.11 Å². The zero-order valence-corrected chi connectivity index (χ0v) is 13.8. The molecule has 118 valence electrons. The van der Waals surface area contributed by atoms with Crippen LogP contribution in [0, 0.1) is 0 Å². The van der Waals surface area contributed by atoms with Crippen molar-refractivity contribution in [1.82, 2.24) is 5.32 Å². The van der Waals surface area contributed by atoms with Crippen molar-refractivity contribution in [2.45, 2.75) is 64.8 Å². The summed E-state index contributed by atoms with van der Waals surface area (Å²) in [4.78, 5) is 11.8. The van der Waals surface area contributed by atoms with Gasteiger partial charge in [0.25, 0.3) is 0 Å². The van der Waals surface area contributed by atoms with Crippen LogP contribution in [0.3, 0.4) is 0 Å². The summed E-state index contributed by atoms with van der Waals surface area (Å²) in [5.41, 5.74) is 2.67. The predicted molar refractivity (Wildman–Crippen MR) is 87.4 cm³/mol. The third kappa shape index (κ3) is 6.76. The molecule has 0 aliphatic carbocycles. The highest BCUT2D eigenvalue weighted by Crippen LogP contribution is 2.22. The first-order valence-electron chi connectivity index (χ1n) is 7.82. The van der Waals surface area contributed by atoms with Gasteiger partial charge in [-0.25, -0.2) is 0 Å². The predicted octanol–water partition coefficient (Wildman–Crippen LogP) is 3.19. The molecule has 1 aromatic rings. The van der Waals surface area contributed by atoms with Crippen LogP contribution in [0.2, 0.25) is 0 Å². The van der Waals surface area contributed by atoms with Crippen molar-refractivity contribution >= 4 is 5.91 Å². The highest BCUT2D eigenvalue weighted by molar-refractivity contribution is 5.76. The number of hydrogen-bond acceptors (Lipinski definition) is 2. The molecule has 0 aromatic heterocycles. The number of carbonyl (C=O) groups is 1. The Hall–Kier alpha value is -1.35. The van der Waals surface area contributed by atoms with E-state index in [1.807, 2.05) is 6.92 Å². The summed E-state index contributed by atoms with van der Waals surface area (Å²) >= 11 is 0. The van der Waals surface area contributed by atoms with Gasteiger partial charge < -0.3 is 10.4 Å². The van der Waals surface area contributed by atoms with E-state index in [1.54, 1.807) is 0 Å². The third-order valence-electron chi connectivity index (χ3n) is 3.66. The molecular formula is C18H29NO2. The Morgan fingerprint density at radius 2 is 1.86 bits per heavy atom. The van der Waals surface area contributed by atoms with Gasteiger partial charge in [-0.2, -0.15) is 0 Å². The lowest BCUT2D eigenvalue weighted by molar-refractivity contribution is -0.121. The van der Waals surface area contributed by atoms with Crippen LogP contribution in [0.4, 0.5) is 0 Å². The molecule has 0 bridgehead atoms. The van der Waals surface area contributed by atoms with Crippen molar-refractivity contribution in [2.75, 3.05) is 6.61 Å². The van der Waals surface area contributed by atoms with Crippen LogP contribution in [0.5, 0.6) is 0 Å². The summed E-state index contributed by atoms with van der Waals surface area (Å²) in [5, 5.41) is 11.7. The maximum atomic E-state index is 11.8. The molecule has 3 heteroatoms. The number of aliphatic hydroxyl groups is 1. The fraction of sp³-hybridized carbons (Fsp3) is 0.611. The average molecular weight is 291 g/mol. The number of hydrogen-bond donors (Lipinski definition) is 2. The number of aryl methyl sites for hydroxylation is 1. The van der Waals surface area contributed by atoms with Crippen molar-refractivity contribution in [3.8, 4) is 0 Å². The molecule has 1 unspecified atom stereocenters. The number of nitrogens with one attached hydrogen (secondary N) is 1. The van der Waals surface area contributed by atoms with Crippen molar-refractivity contribution in [2.24, 2.45) is 0 Å². The van der Waals surface area contributed by atoms with Crippen molar-refractivity contribution in [3.05, 3.63) is 35.4 Å². The van der Waals surface area contributed by atoms with Gasteiger partial charge in [0, 0.05) is 19.1 Å². The smallest absolute Gasteiger partial charge is 0.220 e. The van der Waals surface area contributed by atoms with Gasteiger partial charge in [-0.3, -0.25) is 4.79 Å². The SMILES string of the molecule is CC(CCCO)NC(=O)CCc1ccc(C(C)(C)C)cc1. The highest BCUT2D eigenvalue weighted by atomic mass is 16.2. The second kappa shape index (κ2) is 8.18. The summed E-state index contributed by atoms with van der Waals surface area (Å²) in [6.07, 6.45) is 2.83. The molecule has 0 aliphatic heterocycles. The molecule has 1 rings (SSSR count). The number of rotatable bonds is 7. The molecule has 1 amide bonds. The van der Waals surface area contributed by atoms with Crippen molar-refractivity contribution < 1.29 is 9.90 Å². The molecule has 2 N–H and O–H groups in total. The Balaban J connectivity index is 2.39. The molecule has 0 heterocycles. The zero-order valence-electron chi connectivity index (χ0n) is 13.8. The van der Waals surface area contributed by atoms with Crippen LogP contribution >= 0.6 is 0 Å². The summed E-state index contributed by atoms with van der Waals surface area (Å²) in [5.74, 6) is 0.0836. The molecule has 0 saturated carbocycles. The lowest BCUT2D eigenvalue weighted by Gasteiger charge is -2.19.